The molecule has 32 heavy (non-hydrogen) atoms. The number of rotatable bonds is 7. The van der Waals surface area contributed by atoms with Crippen LogP contribution in [-0.2, 0) is 9.59 Å². The summed E-state index contributed by atoms with van der Waals surface area (Å²) < 4.78 is 29.5. The molecule has 0 unspecified atom stereocenters. The molecule has 0 aliphatic carbocycles. The molecule has 1 N–H and O–H groups in total. The van der Waals surface area contributed by atoms with Crippen LogP contribution >= 0.6 is 35.6 Å². The zero-order chi connectivity index (χ0) is 23.4. The summed E-state index contributed by atoms with van der Waals surface area (Å²) in [7, 11) is 4.48. The number of halogens is 2. The Morgan fingerprint density at radius 3 is 2.41 bits per heavy atom. The van der Waals surface area contributed by atoms with E-state index in [1.807, 2.05) is 0 Å². The van der Waals surface area contributed by atoms with E-state index in [9.17, 15) is 14.0 Å². The lowest BCUT2D eigenvalue weighted by atomic mass is 10.1. The summed E-state index contributed by atoms with van der Waals surface area (Å²) in [6.45, 7) is -0.299. The molecule has 7 nitrogen and oxygen atoms in total. The van der Waals surface area contributed by atoms with Crippen molar-refractivity contribution in [1.29, 1.82) is 0 Å². The molecule has 0 spiro atoms. The first-order valence-corrected chi connectivity index (χ1v) is 10.7. The van der Waals surface area contributed by atoms with Gasteiger partial charge in [0, 0.05) is 5.69 Å². The quantitative estimate of drug-likeness (QED) is 0.451. The Bertz CT molecular complexity index is 1100. The third kappa shape index (κ3) is 5.14. The standard InChI is InChI=1S/C21H18ClFN2O5S2/c1-28-15-6-11(7-16(29-2)19(15)30-3)8-17-20(27)25(21(31)32-17)10-18(26)24-12-4-5-14(23)13(22)9-12/h4-9H,10H2,1-3H3,(H,24,26)/b17-8+. The van der Waals surface area contributed by atoms with Crippen LogP contribution in [0.1, 0.15) is 5.56 Å². The topological polar surface area (TPSA) is 77.1 Å². The monoisotopic (exact) mass is 496 g/mol. The van der Waals surface area contributed by atoms with Gasteiger partial charge in [0.05, 0.1) is 31.3 Å². The van der Waals surface area contributed by atoms with Crippen LogP contribution in [0.5, 0.6) is 17.2 Å². The van der Waals surface area contributed by atoms with Gasteiger partial charge in [-0.1, -0.05) is 35.6 Å². The Balaban J connectivity index is 1.77. The van der Waals surface area contributed by atoms with Gasteiger partial charge in [-0.2, -0.15) is 0 Å². The zero-order valence-electron chi connectivity index (χ0n) is 17.2. The number of nitrogens with one attached hydrogen (secondary N) is 1. The molecule has 2 aromatic rings. The number of amides is 2. The van der Waals surface area contributed by atoms with Gasteiger partial charge in [-0.05, 0) is 42.0 Å². The van der Waals surface area contributed by atoms with Gasteiger partial charge >= 0.3 is 0 Å². The molecular formula is C21H18ClFN2O5S2. The lowest BCUT2D eigenvalue weighted by molar-refractivity contribution is -0.126. The molecule has 0 radical (unpaired) electrons. The Morgan fingerprint density at radius 1 is 1.19 bits per heavy atom. The van der Waals surface area contributed by atoms with E-state index in [4.69, 9.17) is 38.0 Å². The van der Waals surface area contributed by atoms with E-state index < -0.39 is 17.6 Å². The predicted octanol–water partition coefficient (Wildman–Crippen LogP) is 4.34. The van der Waals surface area contributed by atoms with E-state index in [-0.39, 0.29) is 15.9 Å². The summed E-state index contributed by atoms with van der Waals surface area (Å²) in [4.78, 5) is 26.8. The highest BCUT2D eigenvalue weighted by Gasteiger charge is 2.33. The van der Waals surface area contributed by atoms with Crippen LogP contribution in [0.25, 0.3) is 6.08 Å². The lowest BCUT2D eigenvalue weighted by Crippen LogP contribution is -2.36. The van der Waals surface area contributed by atoms with Gasteiger partial charge in [-0.15, -0.1) is 0 Å². The second kappa shape index (κ2) is 10.2. The molecule has 1 aliphatic heterocycles. The van der Waals surface area contributed by atoms with Crippen molar-refractivity contribution in [3.05, 3.63) is 51.6 Å². The maximum atomic E-state index is 13.3. The fraction of sp³-hybridized carbons (Fsp3) is 0.190. The molecule has 1 aliphatic rings. The van der Waals surface area contributed by atoms with Gasteiger partial charge in [0.1, 0.15) is 16.7 Å². The Kier molecular flexibility index (Phi) is 7.60. The largest absolute Gasteiger partial charge is 0.493 e. The first-order chi connectivity index (χ1) is 15.3. The van der Waals surface area contributed by atoms with Crippen LogP contribution in [0.15, 0.2) is 35.2 Å². The Morgan fingerprint density at radius 2 is 1.84 bits per heavy atom. The van der Waals surface area contributed by atoms with E-state index >= 15 is 0 Å². The minimum Gasteiger partial charge on any atom is -0.493 e. The van der Waals surface area contributed by atoms with E-state index in [0.29, 0.717) is 33.4 Å². The van der Waals surface area contributed by atoms with Gasteiger partial charge in [0.2, 0.25) is 11.7 Å². The van der Waals surface area contributed by atoms with Crippen LogP contribution < -0.4 is 19.5 Å². The van der Waals surface area contributed by atoms with Crippen molar-refractivity contribution in [2.45, 2.75) is 0 Å². The van der Waals surface area contributed by atoms with E-state index in [2.05, 4.69) is 5.32 Å². The summed E-state index contributed by atoms with van der Waals surface area (Å²) in [5.74, 6) is -0.216. The van der Waals surface area contributed by atoms with Gasteiger partial charge in [0.15, 0.2) is 11.5 Å². The van der Waals surface area contributed by atoms with E-state index in [0.717, 1.165) is 17.8 Å². The number of methoxy groups -OCH3 is 3. The average molecular weight is 497 g/mol. The number of hydrogen-bond donors (Lipinski definition) is 1. The molecule has 1 saturated heterocycles. The van der Waals surface area contributed by atoms with Crippen molar-refractivity contribution in [3.8, 4) is 17.2 Å². The number of carbonyl (C=O) groups is 2. The van der Waals surface area contributed by atoms with Gasteiger partial charge in [-0.25, -0.2) is 4.39 Å². The molecular weight excluding hydrogens is 479 g/mol. The highest BCUT2D eigenvalue weighted by Crippen LogP contribution is 2.40. The number of ether oxygens (including phenoxy) is 3. The number of anilines is 1. The van der Waals surface area contributed by atoms with Crippen molar-refractivity contribution in [2.75, 3.05) is 33.2 Å². The van der Waals surface area contributed by atoms with Crippen LogP contribution in [0.4, 0.5) is 10.1 Å². The number of benzene rings is 2. The second-order valence-electron chi connectivity index (χ2n) is 6.40. The lowest BCUT2D eigenvalue weighted by Gasteiger charge is -2.14. The molecule has 3 rings (SSSR count). The van der Waals surface area contributed by atoms with Crippen LogP contribution in [0.3, 0.4) is 0 Å². The first kappa shape index (κ1) is 23.8. The fourth-order valence-corrected chi connectivity index (χ4v) is 4.33. The molecule has 0 bridgehead atoms. The minimum absolute atomic E-state index is 0.123. The fourth-order valence-electron chi connectivity index (χ4n) is 2.89. The van der Waals surface area contributed by atoms with Crippen molar-refractivity contribution >= 4 is 63.5 Å². The van der Waals surface area contributed by atoms with Gasteiger partial charge in [0.25, 0.3) is 5.91 Å². The average Bonchev–Trinajstić information content (AvgIpc) is 3.02. The molecule has 0 aromatic heterocycles. The number of carbonyl (C=O) groups excluding carboxylic acids is 2. The van der Waals surface area contributed by atoms with Gasteiger partial charge in [-0.3, -0.25) is 14.5 Å². The van der Waals surface area contributed by atoms with Crippen molar-refractivity contribution in [2.24, 2.45) is 0 Å². The summed E-state index contributed by atoms with van der Waals surface area (Å²) in [5.41, 5.74) is 0.935. The molecule has 168 valence electrons. The van der Waals surface area contributed by atoms with Crippen molar-refractivity contribution in [3.63, 3.8) is 0 Å². The highest BCUT2D eigenvalue weighted by atomic mass is 35.5. The van der Waals surface area contributed by atoms with Crippen molar-refractivity contribution < 1.29 is 28.2 Å². The maximum absolute atomic E-state index is 13.3. The van der Waals surface area contributed by atoms with Crippen molar-refractivity contribution in [1.82, 2.24) is 4.90 Å². The Labute approximate surface area is 198 Å². The third-order valence-corrected chi connectivity index (χ3v) is 6.03. The molecule has 2 amide bonds. The normalized spacial score (nSPS) is 14.7. The molecule has 0 atom stereocenters. The minimum atomic E-state index is -0.599. The maximum Gasteiger partial charge on any atom is 0.266 e. The summed E-state index contributed by atoms with van der Waals surface area (Å²) >= 11 is 12.1. The highest BCUT2D eigenvalue weighted by molar-refractivity contribution is 8.26. The van der Waals surface area contributed by atoms with E-state index in [1.165, 1.54) is 38.4 Å². The Hall–Kier alpha value is -2.82. The number of thiocarbonyl (C=S) groups is 1. The predicted molar refractivity (Wildman–Crippen MR) is 126 cm³/mol. The zero-order valence-corrected chi connectivity index (χ0v) is 19.6. The molecule has 11 heteroatoms. The molecule has 0 saturated carbocycles. The summed E-state index contributed by atoms with van der Waals surface area (Å²) in [6.07, 6.45) is 1.63. The molecule has 2 aromatic carbocycles. The molecule has 1 heterocycles. The first-order valence-electron chi connectivity index (χ1n) is 9.07. The van der Waals surface area contributed by atoms with Gasteiger partial charge < -0.3 is 19.5 Å². The summed E-state index contributed by atoms with van der Waals surface area (Å²) in [6, 6.07) is 7.17. The van der Waals surface area contributed by atoms with Crippen LogP contribution in [-0.4, -0.2) is 48.9 Å². The third-order valence-electron chi connectivity index (χ3n) is 4.36. The molecule has 1 fully saturated rings. The number of thioether (sulfide) groups is 1. The number of nitrogens with zero attached hydrogens (tertiary/aromatic N) is 1. The second-order valence-corrected chi connectivity index (χ2v) is 8.49. The van der Waals surface area contributed by atoms with Crippen LogP contribution in [0.2, 0.25) is 5.02 Å². The SMILES string of the molecule is COc1cc(/C=C2/SC(=S)N(CC(=O)Nc3ccc(F)c(Cl)c3)C2=O)cc(OC)c1OC. The van der Waals surface area contributed by atoms with Crippen LogP contribution in [0, 0.1) is 5.82 Å². The van der Waals surface area contributed by atoms with E-state index in [1.54, 1.807) is 18.2 Å². The number of hydrogen-bond acceptors (Lipinski definition) is 7. The summed E-state index contributed by atoms with van der Waals surface area (Å²) in [5, 5.41) is 2.44. The smallest absolute Gasteiger partial charge is 0.266 e.